The molecular weight excluding hydrogens is 337 g/mol. The Morgan fingerprint density at radius 1 is 0.962 bits per heavy atom. The summed E-state index contributed by atoms with van der Waals surface area (Å²) in [5.74, 6) is 1.33. The number of aromatic hydroxyl groups is 1. The molecule has 0 bridgehead atoms. The summed E-state index contributed by atoms with van der Waals surface area (Å²) in [5.41, 5.74) is 5.67. The summed E-state index contributed by atoms with van der Waals surface area (Å²) in [5, 5.41) is 10.4. The number of phenolic OH excluding ortho intramolecular Hbond substituents is 1. The fourth-order valence-electron chi connectivity index (χ4n) is 3.71. The molecule has 2 aliphatic heterocycles. The average molecular weight is 354 g/mol. The van der Waals surface area contributed by atoms with Crippen LogP contribution < -0.4 is 7.67 Å². The molecule has 1 unspecified atom stereocenters. The van der Waals surface area contributed by atoms with E-state index in [0.29, 0.717) is 5.75 Å². The van der Waals surface area contributed by atoms with Gasteiger partial charge in [-0.25, -0.2) is 0 Å². The van der Waals surface area contributed by atoms with E-state index in [4.69, 9.17) is 3.79 Å². The van der Waals surface area contributed by atoms with Crippen LogP contribution in [0.2, 0.25) is 0 Å². The standard InChI is InChI=1S/C22H18NO2.Al/c24-20-12-10-17(15-5-2-1-3-6-15)13-18(20)14-19-11-9-16-7-4-8-21(25)22(16)23-19;/h1-13,19,24-25H,14H2;/q-1;+2/p-1. The molecule has 2 aliphatic rings. The van der Waals surface area contributed by atoms with Crippen LogP contribution in [-0.2, 0) is 6.42 Å². The Morgan fingerprint density at radius 2 is 1.85 bits per heavy atom. The normalized spacial score (nSPS) is 16.8. The maximum atomic E-state index is 10.4. The lowest BCUT2D eigenvalue weighted by Gasteiger charge is -2.31. The van der Waals surface area contributed by atoms with Crippen molar-refractivity contribution in [3.05, 3.63) is 83.9 Å². The first-order valence-electron chi connectivity index (χ1n) is 8.76. The number of benzene rings is 3. The minimum Gasteiger partial charge on any atom is -0.630 e. The van der Waals surface area contributed by atoms with Gasteiger partial charge in [-0.3, -0.25) is 0 Å². The first-order valence-corrected chi connectivity index (χ1v) is 9.75. The van der Waals surface area contributed by atoms with E-state index in [2.05, 4.69) is 40.3 Å². The van der Waals surface area contributed by atoms with Crippen LogP contribution in [0, 0.1) is 0 Å². The molecule has 0 aromatic heterocycles. The highest BCUT2D eigenvalue weighted by Crippen LogP contribution is 2.41. The number of nitrogens with zero attached hydrogens (tertiary/aromatic N) is 1. The fraction of sp³-hybridized carbons (Fsp3) is 0.0909. The van der Waals surface area contributed by atoms with E-state index in [1.807, 2.05) is 36.4 Å². The summed E-state index contributed by atoms with van der Waals surface area (Å²) in [6, 6.07) is 22.6. The summed E-state index contributed by atoms with van der Waals surface area (Å²) in [6.45, 7) is 0. The molecule has 4 heteroatoms. The predicted molar refractivity (Wildman–Crippen MR) is 105 cm³/mol. The van der Waals surface area contributed by atoms with E-state index >= 15 is 0 Å². The Morgan fingerprint density at radius 3 is 2.73 bits per heavy atom. The maximum Gasteiger partial charge on any atom is 0.715 e. The maximum absolute atomic E-state index is 10.4. The lowest BCUT2D eigenvalue weighted by atomic mass is 9.96. The van der Waals surface area contributed by atoms with Crippen LogP contribution in [0.3, 0.4) is 0 Å². The van der Waals surface area contributed by atoms with Gasteiger partial charge in [-0.15, -0.1) is 0 Å². The van der Waals surface area contributed by atoms with Gasteiger partial charge in [0.05, 0.1) is 5.69 Å². The van der Waals surface area contributed by atoms with Crippen molar-refractivity contribution in [3.63, 3.8) is 0 Å². The quantitative estimate of drug-likeness (QED) is 0.707. The van der Waals surface area contributed by atoms with Crippen LogP contribution >= 0.6 is 0 Å². The number of para-hydroxylation sites is 1. The highest BCUT2D eigenvalue weighted by Gasteiger charge is 2.34. The van der Waals surface area contributed by atoms with Crippen molar-refractivity contribution in [2.24, 2.45) is 0 Å². The highest BCUT2D eigenvalue weighted by molar-refractivity contribution is 6.39. The smallest absolute Gasteiger partial charge is 0.630 e. The Bertz CT molecular complexity index is 1000. The second-order valence-corrected chi connectivity index (χ2v) is 7.67. The van der Waals surface area contributed by atoms with Crippen LogP contribution in [0.4, 0.5) is 5.69 Å². The number of anilines is 1. The van der Waals surface area contributed by atoms with Crippen molar-refractivity contribution in [2.75, 3.05) is 3.88 Å². The molecular formula is C22H17AlNO2. The monoisotopic (exact) mass is 354 g/mol. The average Bonchev–Trinajstić information content (AvgIpc) is 3.12. The third kappa shape index (κ3) is 2.59. The molecule has 1 atom stereocenters. The van der Waals surface area contributed by atoms with Crippen LogP contribution in [-0.4, -0.2) is 26.9 Å². The van der Waals surface area contributed by atoms with E-state index < -0.39 is 0 Å². The fourth-order valence-corrected chi connectivity index (χ4v) is 4.87. The van der Waals surface area contributed by atoms with Crippen molar-refractivity contribution >= 4 is 27.5 Å². The number of rotatable bonds is 3. The Balaban J connectivity index is 1.48. The van der Waals surface area contributed by atoms with Gasteiger partial charge in [0.1, 0.15) is 11.5 Å². The van der Waals surface area contributed by atoms with E-state index in [0.717, 1.165) is 28.9 Å². The molecule has 0 fully saturated rings. The highest BCUT2D eigenvalue weighted by atomic mass is 27.1. The molecule has 0 saturated heterocycles. The molecule has 3 aromatic carbocycles. The van der Waals surface area contributed by atoms with Crippen molar-refractivity contribution in [3.8, 4) is 22.6 Å². The minimum absolute atomic E-state index is 0.207. The largest absolute Gasteiger partial charge is 0.715 e. The first kappa shape index (κ1) is 15.6. The molecule has 5 rings (SSSR count). The Hall–Kier alpha value is -2.67. The Labute approximate surface area is 159 Å². The molecule has 1 radical (unpaired) electrons. The molecule has 2 heterocycles. The second kappa shape index (κ2) is 6.25. The number of hydrogen-bond acceptors (Lipinski definition) is 3. The summed E-state index contributed by atoms with van der Waals surface area (Å²) < 4.78 is 8.28. The summed E-state index contributed by atoms with van der Waals surface area (Å²) in [4.78, 5) is 0. The number of phenols is 1. The van der Waals surface area contributed by atoms with Crippen molar-refractivity contribution in [1.29, 1.82) is 0 Å². The minimum atomic E-state index is -0.259. The van der Waals surface area contributed by atoms with Gasteiger partial charge in [0.2, 0.25) is 0 Å². The van der Waals surface area contributed by atoms with Gasteiger partial charge >= 0.3 is 15.8 Å². The van der Waals surface area contributed by atoms with Crippen LogP contribution in [0.15, 0.2) is 72.8 Å². The van der Waals surface area contributed by atoms with Gasteiger partial charge in [-0.1, -0.05) is 60.7 Å². The summed E-state index contributed by atoms with van der Waals surface area (Å²) in [7, 11) is 0. The van der Waals surface area contributed by atoms with E-state index in [1.165, 1.54) is 11.3 Å². The molecule has 125 valence electrons. The SMILES string of the molecule is Oc1ccc(-c2ccccc2)cc1CC1C=Cc2cccc3c2[N]1[Al][O]3. The van der Waals surface area contributed by atoms with Gasteiger partial charge in [-0.2, -0.15) is 0 Å². The van der Waals surface area contributed by atoms with E-state index in [9.17, 15) is 5.11 Å². The molecule has 0 aliphatic carbocycles. The van der Waals surface area contributed by atoms with Gasteiger partial charge in [0.15, 0.2) is 0 Å². The van der Waals surface area contributed by atoms with Gasteiger partial charge in [0.25, 0.3) is 0 Å². The van der Waals surface area contributed by atoms with Gasteiger partial charge < -0.3 is 12.8 Å². The molecule has 0 spiro atoms. The van der Waals surface area contributed by atoms with Crippen LogP contribution in [0.1, 0.15) is 11.1 Å². The zero-order chi connectivity index (χ0) is 17.5. The second-order valence-electron chi connectivity index (χ2n) is 6.66. The van der Waals surface area contributed by atoms with Crippen molar-refractivity contribution < 1.29 is 8.90 Å². The van der Waals surface area contributed by atoms with E-state index in [1.54, 1.807) is 6.07 Å². The van der Waals surface area contributed by atoms with E-state index in [-0.39, 0.29) is 21.8 Å². The summed E-state index contributed by atoms with van der Waals surface area (Å²) in [6.07, 6.45) is 5.15. The zero-order valence-corrected chi connectivity index (χ0v) is 15.3. The molecule has 0 amide bonds. The van der Waals surface area contributed by atoms with Crippen molar-refractivity contribution in [2.45, 2.75) is 12.5 Å². The molecule has 1 N–H and O–H groups in total. The van der Waals surface area contributed by atoms with Gasteiger partial charge in [0, 0.05) is 6.04 Å². The molecule has 3 aromatic rings. The predicted octanol–water partition coefficient (Wildman–Crippen LogP) is 4.43. The topological polar surface area (TPSA) is 32.7 Å². The van der Waals surface area contributed by atoms with Gasteiger partial charge in [-0.05, 0) is 46.9 Å². The zero-order valence-electron chi connectivity index (χ0n) is 14.2. The third-order valence-electron chi connectivity index (χ3n) is 5.05. The lowest BCUT2D eigenvalue weighted by molar-refractivity contribution is 0.467. The first-order chi connectivity index (χ1) is 12.8. The molecule has 26 heavy (non-hydrogen) atoms. The van der Waals surface area contributed by atoms with Crippen LogP contribution in [0.25, 0.3) is 17.2 Å². The van der Waals surface area contributed by atoms with Crippen LogP contribution in [0.5, 0.6) is 11.5 Å². The summed E-state index contributed by atoms with van der Waals surface area (Å²) >= 11 is -0.259. The molecule has 3 nitrogen and oxygen atoms in total. The number of hydrogen-bond donors (Lipinski definition) is 1. The third-order valence-corrected chi connectivity index (χ3v) is 6.28. The lowest BCUT2D eigenvalue weighted by Crippen LogP contribution is -2.39. The molecule has 0 saturated carbocycles. The van der Waals surface area contributed by atoms with Crippen molar-refractivity contribution in [1.82, 2.24) is 0 Å². The Kier molecular flexibility index (Phi) is 3.74.